The molecule has 1 N–H and O–H groups in total. The molecule has 110 valence electrons. The molecular weight excluding hydrogens is 303 g/mol. The van der Waals surface area contributed by atoms with Gasteiger partial charge in [-0.3, -0.25) is 0 Å². The van der Waals surface area contributed by atoms with Gasteiger partial charge in [-0.15, -0.1) is 0 Å². The van der Waals surface area contributed by atoms with Crippen molar-refractivity contribution in [3.05, 3.63) is 64.1 Å². The van der Waals surface area contributed by atoms with E-state index in [1.54, 1.807) is 4.90 Å². The van der Waals surface area contributed by atoms with Crippen molar-refractivity contribution in [2.75, 3.05) is 31.1 Å². The van der Waals surface area contributed by atoms with Crippen LogP contribution in [0.15, 0.2) is 48.5 Å². The van der Waals surface area contributed by atoms with Crippen LogP contribution in [-0.4, -0.2) is 26.2 Å². The zero-order chi connectivity index (χ0) is 14.7. The molecule has 1 aliphatic rings. The number of halogens is 2. The first-order valence-corrected chi connectivity index (χ1v) is 8.05. The molecular formula is C17H19Cl2N2+. The zero-order valence-corrected chi connectivity index (χ0v) is 13.4. The smallest absolute Gasteiger partial charge is 0.104 e. The summed E-state index contributed by atoms with van der Waals surface area (Å²) in [7, 11) is 0. The normalized spacial score (nSPS) is 16.2. The number of nitrogens with one attached hydrogen (secondary N) is 1. The second kappa shape index (κ2) is 6.69. The molecule has 1 saturated heterocycles. The van der Waals surface area contributed by atoms with E-state index in [0.717, 1.165) is 37.7 Å². The first kappa shape index (κ1) is 14.7. The lowest BCUT2D eigenvalue weighted by Crippen LogP contribution is -3.13. The highest BCUT2D eigenvalue weighted by Crippen LogP contribution is 2.20. The quantitative estimate of drug-likeness (QED) is 0.913. The van der Waals surface area contributed by atoms with Crippen LogP contribution in [0.4, 0.5) is 5.69 Å². The average molecular weight is 322 g/mol. The SMILES string of the molecule is Clc1ccc(C[NH+]2CCN(c3ccccc3)CC2)c(Cl)c1. The largest absolute Gasteiger partial charge is 0.360 e. The summed E-state index contributed by atoms with van der Waals surface area (Å²) in [6, 6.07) is 16.4. The van der Waals surface area contributed by atoms with Gasteiger partial charge in [0.2, 0.25) is 0 Å². The molecule has 0 bridgehead atoms. The molecule has 0 unspecified atom stereocenters. The molecule has 1 fully saturated rings. The fourth-order valence-corrected chi connectivity index (χ4v) is 3.31. The van der Waals surface area contributed by atoms with E-state index in [0.29, 0.717) is 5.02 Å². The van der Waals surface area contributed by atoms with E-state index in [2.05, 4.69) is 35.2 Å². The number of rotatable bonds is 3. The Morgan fingerprint density at radius 1 is 0.952 bits per heavy atom. The standard InChI is InChI=1S/C17H18Cl2N2/c18-15-7-6-14(17(19)12-15)13-20-8-10-21(11-9-20)16-4-2-1-3-5-16/h1-7,12H,8-11,13H2/p+1. The number of hydrogen-bond donors (Lipinski definition) is 1. The summed E-state index contributed by atoms with van der Waals surface area (Å²) in [6.45, 7) is 5.41. The Morgan fingerprint density at radius 2 is 1.67 bits per heavy atom. The van der Waals surface area contributed by atoms with Gasteiger partial charge in [-0.2, -0.15) is 0 Å². The Kier molecular flexibility index (Phi) is 4.69. The number of anilines is 1. The van der Waals surface area contributed by atoms with Gasteiger partial charge in [0.1, 0.15) is 6.54 Å². The highest BCUT2D eigenvalue weighted by atomic mass is 35.5. The molecule has 0 aromatic heterocycles. The fraction of sp³-hybridized carbons (Fsp3) is 0.294. The molecule has 0 aliphatic carbocycles. The molecule has 1 aliphatic heterocycles. The number of para-hydroxylation sites is 1. The predicted molar refractivity (Wildman–Crippen MR) is 89.5 cm³/mol. The van der Waals surface area contributed by atoms with Crippen molar-refractivity contribution in [3.63, 3.8) is 0 Å². The minimum absolute atomic E-state index is 0.702. The van der Waals surface area contributed by atoms with E-state index in [-0.39, 0.29) is 0 Å². The van der Waals surface area contributed by atoms with Crippen molar-refractivity contribution < 1.29 is 4.90 Å². The second-order valence-electron chi connectivity index (χ2n) is 5.49. The molecule has 0 radical (unpaired) electrons. The summed E-state index contributed by atoms with van der Waals surface area (Å²) in [5.41, 5.74) is 2.50. The molecule has 3 rings (SSSR count). The van der Waals surface area contributed by atoms with Gasteiger partial charge < -0.3 is 9.80 Å². The first-order chi connectivity index (χ1) is 10.2. The van der Waals surface area contributed by atoms with Crippen LogP contribution in [-0.2, 0) is 6.54 Å². The van der Waals surface area contributed by atoms with Gasteiger partial charge in [0.15, 0.2) is 0 Å². The summed E-state index contributed by atoms with van der Waals surface area (Å²) in [4.78, 5) is 4.03. The van der Waals surface area contributed by atoms with Gasteiger partial charge in [-0.1, -0.05) is 47.5 Å². The third-order valence-electron chi connectivity index (χ3n) is 4.05. The third kappa shape index (κ3) is 3.70. The van der Waals surface area contributed by atoms with E-state index >= 15 is 0 Å². The lowest BCUT2D eigenvalue weighted by atomic mass is 10.2. The van der Waals surface area contributed by atoms with E-state index < -0.39 is 0 Å². The maximum absolute atomic E-state index is 6.27. The average Bonchev–Trinajstić information content (AvgIpc) is 2.52. The topological polar surface area (TPSA) is 7.68 Å². The molecule has 1 heterocycles. The Labute approximate surface area is 135 Å². The molecule has 2 aromatic rings. The predicted octanol–water partition coefficient (Wildman–Crippen LogP) is 2.90. The van der Waals surface area contributed by atoms with Crippen molar-refractivity contribution in [1.82, 2.24) is 0 Å². The molecule has 2 nitrogen and oxygen atoms in total. The first-order valence-electron chi connectivity index (χ1n) is 7.30. The van der Waals surface area contributed by atoms with Crippen LogP contribution in [0, 0.1) is 0 Å². The molecule has 21 heavy (non-hydrogen) atoms. The maximum Gasteiger partial charge on any atom is 0.104 e. The monoisotopic (exact) mass is 321 g/mol. The number of nitrogens with zero attached hydrogens (tertiary/aromatic N) is 1. The van der Waals surface area contributed by atoms with E-state index in [1.165, 1.54) is 11.3 Å². The Bertz CT molecular complexity index is 593. The molecule has 2 aromatic carbocycles. The summed E-state index contributed by atoms with van der Waals surface area (Å²) >= 11 is 12.2. The minimum Gasteiger partial charge on any atom is -0.360 e. The number of quaternary nitrogens is 1. The van der Waals surface area contributed by atoms with Crippen LogP contribution in [0.1, 0.15) is 5.56 Å². The molecule has 0 saturated carbocycles. The van der Waals surface area contributed by atoms with Crippen molar-refractivity contribution in [3.8, 4) is 0 Å². The Hall–Kier alpha value is -1.22. The van der Waals surface area contributed by atoms with Crippen LogP contribution in [0.2, 0.25) is 10.0 Å². The summed E-state index contributed by atoms with van der Waals surface area (Å²) in [5, 5.41) is 1.48. The molecule has 0 atom stereocenters. The van der Waals surface area contributed by atoms with E-state index in [4.69, 9.17) is 23.2 Å². The zero-order valence-electron chi connectivity index (χ0n) is 11.9. The lowest BCUT2D eigenvalue weighted by Gasteiger charge is -2.33. The minimum atomic E-state index is 0.702. The van der Waals surface area contributed by atoms with Crippen molar-refractivity contribution in [2.45, 2.75) is 6.54 Å². The van der Waals surface area contributed by atoms with Gasteiger partial charge in [0, 0.05) is 16.3 Å². The second-order valence-corrected chi connectivity index (χ2v) is 6.33. The van der Waals surface area contributed by atoms with E-state index in [1.807, 2.05) is 18.2 Å². The highest BCUT2D eigenvalue weighted by molar-refractivity contribution is 6.35. The van der Waals surface area contributed by atoms with Gasteiger partial charge in [-0.25, -0.2) is 0 Å². The van der Waals surface area contributed by atoms with Gasteiger partial charge >= 0.3 is 0 Å². The third-order valence-corrected chi connectivity index (χ3v) is 4.63. The van der Waals surface area contributed by atoms with Crippen LogP contribution in [0.5, 0.6) is 0 Å². The number of piperazine rings is 1. The Morgan fingerprint density at radius 3 is 2.33 bits per heavy atom. The van der Waals surface area contributed by atoms with Crippen LogP contribution in [0.3, 0.4) is 0 Å². The fourth-order valence-electron chi connectivity index (χ4n) is 2.83. The lowest BCUT2D eigenvalue weighted by molar-refractivity contribution is -0.914. The van der Waals surface area contributed by atoms with E-state index in [9.17, 15) is 0 Å². The Balaban J connectivity index is 1.59. The summed E-state index contributed by atoms with van der Waals surface area (Å²) < 4.78 is 0. The molecule has 0 amide bonds. The van der Waals surface area contributed by atoms with Crippen molar-refractivity contribution in [1.29, 1.82) is 0 Å². The van der Waals surface area contributed by atoms with Gasteiger partial charge in [-0.05, 0) is 24.3 Å². The van der Waals surface area contributed by atoms with Crippen LogP contribution >= 0.6 is 23.2 Å². The summed E-state index contributed by atoms with van der Waals surface area (Å²) in [6.07, 6.45) is 0. The summed E-state index contributed by atoms with van der Waals surface area (Å²) in [5.74, 6) is 0. The number of hydrogen-bond acceptors (Lipinski definition) is 1. The van der Waals surface area contributed by atoms with Crippen molar-refractivity contribution in [2.24, 2.45) is 0 Å². The molecule has 0 spiro atoms. The highest BCUT2D eigenvalue weighted by Gasteiger charge is 2.20. The molecule has 4 heteroatoms. The van der Waals surface area contributed by atoms with Crippen LogP contribution in [0.25, 0.3) is 0 Å². The van der Waals surface area contributed by atoms with Crippen LogP contribution < -0.4 is 9.80 Å². The number of benzene rings is 2. The van der Waals surface area contributed by atoms with Gasteiger partial charge in [0.25, 0.3) is 0 Å². The van der Waals surface area contributed by atoms with Crippen molar-refractivity contribution >= 4 is 28.9 Å². The maximum atomic E-state index is 6.27. The van der Waals surface area contributed by atoms with Gasteiger partial charge in [0.05, 0.1) is 31.2 Å².